The topological polar surface area (TPSA) is 85.5 Å². The normalized spacial score (nSPS) is 11.1. The second kappa shape index (κ2) is 10.1. The molecular formula is C26H24FN3O4. The molecule has 0 fully saturated rings. The summed E-state index contributed by atoms with van der Waals surface area (Å²) >= 11 is 0. The Balaban J connectivity index is 1.59. The Bertz CT molecular complexity index is 1350. The first-order valence-corrected chi connectivity index (χ1v) is 10.5. The number of aromatic nitrogens is 2. The fourth-order valence-electron chi connectivity index (χ4n) is 3.64. The number of carbonyl (C=O) groups excluding carboxylic acids is 1. The minimum Gasteiger partial charge on any atom is -0.495 e. The van der Waals surface area contributed by atoms with Gasteiger partial charge < -0.3 is 19.5 Å². The van der Waals surface area contributed by atoms with Crippen molar-refractivity contribution >= 4 is 29.0 Å². The van der Waals surface area contributed by atoms with Gasteiger partial charge in [-0.05, 0) is 53.6 Å². The van der Waals surface area contributed by atoms with E-state index in [1.54, 1.807) is 50.6 Å². The van der Waals surface area contributed by atoms with E-state index in [2.05, 4.69) is 15.5 Å². The molecule has 0 aliphatic heterocycles. The molecule has 0 unspecified atom stereocenters. The Morgan fingerprint density at radius 3 is 2.44 bits per heavy atom. The molecule has 1 heterocycles. The van der Waals surface area contributed by atoms with Crippen LogP contribution in [0.25, 0.3) is 23.1 Å². The number of rotatable bonds is 8. The van der Waals surface area contributed by atoms with E-state index in [0.717, 1.165) is 16.6 Å². The maximum absolute atomic E-state index is 13.2. The number of benzene rings is 3. The molecule has 0 saturated heterocycles. The van der Waals surface area contributed by atoms with Crippen LogP contribution in [0.2, 0.25) is 0 Å². The van der Waals surface area contributed by atoms with Crippen LogP contribution >= 0.6 is 0 Å². The third-order valence-corrected chi connectivity index (χ3v) is 5.36. The molecule has 0 aliphatic carbocycles. The summed E-state index contributed by atoms with van der Waals surface area (Å²) in [5.74, 6) is 1.03. The number of hydrogen-bond donors (Lipinski definition) is 2. The van der Waals surface area contributed by atoms with E-state index >= 15 is 0 Å². The Morgan fingerprint density at radius 1 is 0.971 bits per heavy atom. The Labute approximate surface area is 196 Å². The summed E-state index contributed by atoms with van der Waals surface area (Å²) in [6.07, 6.45) is 3.61. The first-order chi connectivity index (χ1) is 16.5. The predicted molar refractivity (Wildman–Crippen MR) is 129 cm³/mol. The van der Waals surface area contributed by atoms with Gasteiger partial charge in [0, 0.05) is 6.54 Å². The van der Waals surface area contributed by atoms with Gasteiger partial charge in [-0.25, -0.2) is 4.39 Å². The van der Waals surface area contributed by atoms with E-state index in [4.69, 9.17) is 14.2 Å². The first kappa shape index (κ1) is 22.8. The monoisotopic (exact) mass is 461 g/mol. The molecule has 0 radical (unpaired) electrons. The lowest BCUT2D eigenvalue weighted by Gasteiger charge is -2.12. The molecule has 34 heavy (non-hydrogen) atoms. The zero-order valence-corrected chi connectivity index (χ0v) is 19.0. The highest BCUT2D eigenvalue weighted by Crippen LogP contribution is 2.32. The van der Waals surface area contributed by atoms with Crippen molar-refractivity contribution < 1.29 is 23.4 Å². The van der Waals surface area contributed by atoms with Crippen LogP contribution in [-0.4, -0.2) is 37.4 Å². The minimum atomic E-state index is -0.298. The summed E-state index contributed by atoms with van der Waals surface area (Å²) in [7, 11) is 4.65. The number of nitrogens with one attached hydrogen (secondary N) is 2. The number of hydrogen-bond acceptors (Lipinski definition) is 5. The van der Waals surface area contributed by atoms with Gasteiger partial charge in [0.1, 0.15) is 11.6 Å². The van der Waals surface area contributed by atoms with E-state index in [1.807, 2.05) is 18.2 Å². The molecule has 1 amide bonds. The molecule has 0 atom stereocenters. The lowest BCUT2D eigenvalue weighted by atomic mass is 10.1. The largest absolute Gasteiger partial charge is 0.495 e. The van der Waals surface area contributed by atoms with Crippen LogP contribution in [-0.2, 0) is 6.54 Å². The van der Waals surface area contributed by atoms with Crippen molar-refractivity contribution in [3.8, 4) is 17.2 Å². The number of amides is 1. The average Bonchev–Trinajstić information content (AvgIpc) is 3.29. The van der Waals surface area contributed by atoms with Crippen LogP contribution in [0.1, 0.15) is 27.2 Å². The molecule has 8 heteroatoms. The van der Waals surface area contributed by atoms with Crippen LogP contribution in [0.4, 0.5) is 4.39 Å². The molecule has 4 rings (SSSR count). The van der Waals surface area contributed by atoms with E-state index < -0.39 is 0 Å². The van der Waals surface area contributed by atoms with E-state index in [9.17, 15) is 9.18 Å². The summed E-state index contributed by atoms with van der Waals surface area (Å²) in [6.45, 7) is 0.295. The smallest absolute Gasteiger partial charge is 0.255 e. The fraction of sp³-hybridized carbons (Fsp3) is 0.154. The molecular weight excluding hydrogens is 437 g/mol. The molecule has 0 saturated carbocycles. The van der Waals surface area contributed by atoms with Crippen molar-refractivity contribution in [1.82, 2.24) is 15.5 Å². The quantitative estimate of drug-likeness (QED) is 0.393. The third kappa shape index (κ3) is 4.71. The number of H-pyrrole nitrogens is 1. The highest BCUT2D eigenvalue weighted by molar-refractivity contribution is 6.05. The second-order valence-electron chi connectivity index (χ2n) is 7.43. The van der Waals surface area contributed by atoms with Gasteiger partial charge in [0.25, 0.3) is 5.91 Å². The zero-order valence-electron chi connectivity index (χ0n) is 19.0. The van der Waals surface area contributed by atoms with Gasteiger partial charge >= 0.3 is 0 Å². The number of fused-ring (bicyclic) bond motifs is 1. The highest BCUT2D eigenvalue weighted by atomic mass is 19.1. The standard InChI is InChI=1S/C26H24FN3O4/c1-32-22-13-7-17(14-23(22)33-2)15-28-26(31)19-10-12-21-24(25(19)34-3)20(29-30-21)11-6-16-4-8-18(27)9-5-16/h4-14H,15H2,1-3H3,(H,28,31)(H,29,30)/b11-6+. The minimum absolute atomic E-state index is 0.289. The van der Waals surface area contributed by atoms with E-state index in [1.165, 1.54) is 19.2 Å². The summed E-state index contributed by atoms with van der Waals surface area (Å²) in [5.41, 5.74) is 3.39. The number of methoxy groups -OCH3 is 3. The van der Waals surface area contributed by atoms with Crippen molar-refractivity contribution in [3.63, 3.8) is 0 Å². The van der Waals surface area contributed by atoms with Crippen molar-refractivity contribution in [1.29, 1.82) is 0 Å². The first-order valence-electron chi connectivity index (χ1n) is 10.5. The number of carbonyl (C=O) groups is 1. The van der Waals surface area contributed by atoms with Crippen molar-refractivity contribution in [2.45, 2.75) is 6.54 Å². The number of ether oxygens (including phenoxy) is 3. The summed E-state index contributed by atoms with van der Waals surface area (Å²) < 4.78 is 29.4. The van der Waals surface area contributed by atoms with Gasteiger partial charge in [-0.2, -0.15) is 5.10 Å². The Kier molecular flexibility index (Phi) is 6.77. The van der Waals surface area contributed by atoms with Gasteiger partial charge in [-0.15, -0.1) is 0 Å². The third-order valence-electron chi connectivity index (χ3n) is 5.36. The summed E-state index contributed by atoms with van der Waals surface area (Å²) in [5, 5.41) is 10.9. The van der Waals surface area contributed by atoms with Crippen molar-refractivity contribution in [2.24, 2.45) is 0 Å². The van der Waals surface area contributed by atoms with E-state index in [-0.39, 0.29) is 11.7 Å². The van der Waals surface area contributed by atoms with Crippen molar-refractivity contribution in [2.75, 3.05) is 21.3 Å². The summed E-state index contributed by atoms with van der Waals surface area (Å²) in [6, 6.07) is 15.1. The molecule has 0 aliphatic rings. The summed E-state index contributed by atoms with van der Waals surface area (Å²) in [4.78, 5) is 13.0. The Hall–Kier alpha value is -4.33. The molecule has 4 aromatic rings. The number of halogens is 1. The van der Waals surface area contributed by atoms with E-state index in [0.29, 0.717) is 40.4 Å². The second-order valence-corrected chi connectivity index (χ2v) is 7.43. The van der Waals surface area contributed by atoms with Crippen LogP contribution in [0.3, 0.4) is 0 Å². The molecule has 0 spiro atoms. The van der Waals surface area contributed by atoms with Gasteiger partial charge in [0.15, 0.2) is 11.5 Å². The average molecular weight is 461 g/mol. The maximum atomic E-state index is 13.2. The van der Waals surface area contributed by atoms with Gasteiger partial charge in [0.05, 0.1) is 43.5 Å². The molecule has 174 valence electrons. The van der Waals surface area contributed by atoms with Crippen LogP contribution in [0, 0.1) is 5.82 Å². The van der Waals surface area contributed by atoms with Crippen LogP contribution in [0.15, 0.2) is 54.6 Å². The molecule has 0 bridgehead atoms. The van der Waals surface area contributed by atoms with Crippen LogP contribution in [0.5, 0.6) is 17.2 Å². The molecule has 7 nitrogen and oxygen atoms in total. The van der Waals surface area contributed by atoms with Gasteiger partial charge in [0.2, 0.25) is 0 Å². The SMILES string of the molecule is COc1ccc(CNC(=O)c2ccc3[nH]nc(/C=C/c4ccc(F)cc4)c3c2OC)cc1OC. The fourth-order valence-corrected chi connectivity index (χ4v) is 3.64. The Morgan fingerprint density at radius 2 is 1.74 bits per heavy atom. The lowest BCUT2D eigenvalue weighted by Crippen LogP contribution is -2.23. The van der Waals surface area contributed by atoms with Gasteiger partial charge in [-0.1, -0.05) is 24.3 Å². The molecule has 1 aromatic heterocycles. The highest BCUT2D eigenvalue weighted by Gasteiger charge is 2.19. The predicted octanol–water partition coefficient (Wildman–Crippen LogP) is 4.83. The lowest BCUT2D eigenvalue weighted by molar-refractivity contribution is 0.0948. The maximum Gasteiger partial charge on any atom is 0.255 e. The van der Waals surface area contributed by atoms with Crippen molar-refractivity contribution in [3.05, 3.63) is 82.8 Å². The molecule has 2 N–H and O–H groups in total. The molecule has 3 aromatic carbocycles. The number of aromatic amines is 1. The van der Waals surface area contributed by atoms with Gasteiger partial charge in [-0.3, -0.25) is 9.89 Å². The number of nitrogens with zero attached hydrogens (tertiary/aromatic N) is 1. The van der Waals surface area contributed by atoms with Crippen LogP contribution < -0.4 is 19.5 Å². The zero-order chi connectivity index (χ0) is 24.1.